The highest BCUT2D eigenvalue weighted by atomic mass is 16.5. The van der Waals surface area contributed by atoms with E-state index in [1.54, 1.807) is 48.5 Å². The summed E-state index contributed by atoms with van der Waals surface area (Å²) in [4.78, 5) is 39.7. The Kier molecular flexibility index (Phi) is 4.62. The Balaban J connectivity index is 1.61. The molecule has 1 saturated carbocycles. The van der Waals surface area contributed by atoms with E-state index in [-0.39, 0.29) is 24.2 Å². The third-order valence-electron chi connectivity index (χ3n) is 5.40. The number of carbonyl (C=O) groups excluding carboxylic acids is 3. The molecule has 0 aromatic heterocycles. The van der Waals surface area contributed by atoms with Crippen LogP contribution in [0.1, 0.15) is 63.2 Å². The molecule has 0 spiro atoms. The summed E-state index contributed by atoms with van der Waals surface area (Å²) in [6, 6.07) is 15.8. The lowest BCUT2D eigenvalue weighted by atomic mass is 9.90. The summed E-state index contributed by atoms with van der Waals surface area (Å²) < 4.78 is 6.08. The molecular formula is C22H21NO4. The summed E-state index contributed by atoms with van der Waals surface area (Å²) in [5.41, 5.74) is 0.331. The minimum absolute atomic E-state index is 0.155. The summed E-state index contributed by atoms with van der Waals surface area (Å²) in [6.07, 6.45) is 3.85. The maximum absolute atomic E-state index is 13.0. The van der Waals surface area contributed by atoms with Gasteiger partial charge in [0, 0.05) is 5.56 Å². The van der Waals surface area contributed by atoms with Gasteiger partial charge in [0.2, 0.25) is 0 Å². The molecule has 0 unspecified atom stereocenters. The van der Waals surface area contributed by atoms with Crippen LogP contribution in [0.15, 0.2) is 54.6 Å². The Morgan fingerprint density at radius 2 is 1.41 bits per heavy atom. The van der Waals surface area contributed by atoms with Crippen molar-refractivity contribution in [1.29, 1.82) is 0 Å². The van der Waals surface area contributed by atoms with Crippen molar-refractivity contribution in [2.45, 2.75) is 37.8 Å². The number of imide groups is 1. The number of fused-ring (bicyclic) bond motifs is 1. The van der Waals surface area contributed by atoms with Crippen LogP contribution < -0.4 is 0 Å². The van der Waals surface area contributed by atoms with E-state index < -0.39 is 5.72 Å². The van der Waals surface area contributed by atoms with Gasteiger partial charge in [-0.15, -0.1) is 0 Å². The maximum Gasteiger partial charge on any atom is 0.263 e. The Hall–Kier alpha value is -2.79. The largest absolute Gasteiger partial charge is 0.347 e. The highest BCUT2D eigenvalue weighted by molar-refractivity contribution is 6.21. The highest BCUT2D eigenvalue weighted by Gasteiger charge is 2.50. The fourth-order valence-corrected chi connectivity index (χ4v) is 4.00. The molecule has 1 aliphatic heterocycles. The number of Topliss-reactive ketones (excluding diaryl/α,β-unsaturated/α-hetero) is 1. The van der Waals surface area contributed by atoms with Crippen molar-refractivity contribution in [2.75, 3.05) is 6.61 Å². The van der Waals surface area contributed by atoms with Gasteiger partial charge in [-0.2, -0.15) is 0 Å². The number of hydrogen-bond acceptors (Lipinski definition) is 4. The first-order valence-corrected chi connectivity index (χ1v) is 9.32. The number of ether oxygens (including phenoxy) is 1. The number of benzene rings is 2. The molecule has 0 radical (unpaired) electrons. The normalized spacial score (nSPS) is 18.4. The van der Waals surface area contributed by atoms with E-state index in [0.717, 1.165) is 19.3 Å². The number of carbonyl (C=O) groups is 3. The van der Waals surface area contributed by atoms with Gasteiger partial charge in [-0.1, -0.05) is 48.9 Å². The van der Waals surface area contributed by atoms with Crippen LogP contribution >= 0.6 is 0 Å². The lowest BCUT2D eigenvalue weighted by Crippen LogP contribution is -2.55. The zero-order chi connectivity index (χ0) is 18.9. The number of nitrogens with zero attached hydrogens (tertiary/aromatic N) is 1. The van der Waals surface area contributed by atoms with E-state index >= 15 is 0 Å². The third kappa shape index (κ3) is 3.08. The molecule has 138 valence electrons. The van der Waals surface area contributed by atoms with Crippen LogP contribution in [0, 0.1) is 0 Å². The molecule has 0 bridgehead atoms. The van der Waals surface area contributed by atoms with Crippen molar-refractivity contribution < 1.29 is 19.1 Å². The van der Waals surface area contributed by atoms with Crippen molar-refractivity contribution >= 4 is 17.6 Å². The van der Waals surface area contributed by atoms with Crippen molar-refractivity contribution in [2.24, 2.45) is 0 Å². The van der Waals surface area contributed by atoms with E-state index in [1.807, 2.05) is 6.07 Å². The van der Waals surface area contributed by atoms with Crippen LogP contribution in [-0.4, -0.2) is 34.8 Å². The van der Waals surface area contributed by atoms with Crippen LogP contribution in [0.4, 0.5) is 0 Å². The molecule has 5 nitrogen and oxygen atoms in total. The fraction of sp³-hybridized carbons (Fsp3) is 0.318. The molecule has 0 N–H and O–H groups in total. The molecule has 4 rings (SSSR count). The van der Waals surface area contributed by atoms with Crippen LogP contribution in [0.5, 0.6) is 0 Å². The number of ketones is 1. The second kappa shape index (κ2) is 7.08. The van der Waals surface area contributed by atoms with Crippen LogP contribution in [0.25, 0.3) is 0 Å². The lowest BCUT2D eigenvalue weighted by Gasteiger charge is -2.42. The second-order valence-corrected chi connectivity index (χ2v) is 7.08. The molecule has 27 heavy (non-hydrogen) atoms. The average Bonchev–Trinajstić information content (AvgIpc) is 2.99. The number of amides is 2. The average molecular weight is 363 g/mol. The quantitative estimate of drug-likeness (QED) is 0.598. The third-order valence-corrected chi connectivity index (χ3v) is 5.40. The summed E-state index contributed by atoms with van der Waals surface area (Å²) in [5.74, 6) is -0.813. The van der Waals surface area contributed by atoms with Gasteiger partial charge in [0.05, 0.1) is 11.1 Å². The monoisotopic (exact) mass is 363 g/mol. The van der Waals surface area contributed by atoms with Crippen molar-refractivity contribution in [1.82, 2.24) is 4.90 Å². The van der Waals surface area contributed by atoms with Gasteiger partial charge in [-0.25, -0.2) is 4.90 Å². The summed E-state index contributed by atoms with van der Waals surface area (Å²) in [5, 5.41) is 0. The van der Waals surface area contributed by atoms with Gasteiger partial charge < -0.3 is 4.74 Å². The molecule has 1 fully saturated rings. The van der Waals surface area contributed by atoms with Gasteiger partial charge in [0.25, 0.3) is 11.8 Å². The molecule has 1 aliphatic carbocycles. The Labute approximate surface area is 157 Å². The molecule has 2 aromatic carbocycles. The van der Waals surface area contributed by atoms with Gasteiger partial charge in [-0.3, -0.25) is 14.4 Å². The van der Waals surface area contributed by atoms with Crippen molar-refractivity contribution in [3.63, 3.8) is 0 Å². The molecule has 0 atom stereocenters. The van der Waals surface area contributed by atoms with Gasteiger partial charge in [0.15, 0.2) is 11.5 Å². The molecular weight excluding hydrogens is 342 g/mol. The molecule has 2 amide bonds. The molecule has 1 heterocycles. The molecule has 2 aromatic rings. The zero-order valence-corrected chi connectivity index (χ0v) is 15.0. The van der Waals surface area contributed by atoms with Crippen molar-refractivity contribution in [3.8, 4) is 0 Å². The van der Waals surface area contributed by atoms with E-state index in [0.29, 0.717) is 29.5 Å². The van der Waals surface area contributed by atoms with Crippen LogP contribution in [-0.2, 0) is 4.74 Å². The first-order chi connectivity index (χ1) is 13.1. The van der Waals surface area contributed by atoms with Crippen LogP contribution in [0.2, 0.25) is 0 Å². The smallest absolute Gasteiger partial charge is 0.263 e. The predicted molar refractivity (Wildman–Crippen MR) is 99.5 cm³/mol. The fourth-order valence-electron chi connectivity index (χ4n) is 4.00. The van der Waals surface area contributed by atoms with Gasteiger partial charge in [0.1, 0.15) is 6.61 Å². The maximum atomic E-state index is 13.0. The molecule has 2 aliphatic rings. The number of hydrogen-bond donors (Lipinski definition) is 0. The second-order valence-electron chi connectivity index (χ2n) is 7.08. The van der Waals surface area contributed by atoms with E-state index in [2.05, 4.69) is 0 Å². The standard InChI is InChI=1S/C22H21NO4/c24-19(16-9-3-1-4-10-16)15-27-22(13-7-2-8-14-22)23-20(25)17-11-5-6-12-18(17)21(23)26/h1,3-6,9-12H,2,7-8,13-15H2. The summed E-state index contributed by atoms with van der Waals surface area (Å²) in [7, 11) is 0. The topological polar surface area (TPSA) is 63.7 Å². The Bertz CT molecular complexity index is 849. The molecule has 0 saturated heterocycles. The Morgan fingerprint density at radius 3 is 2.00 bits per heavy atom. The van der Waals surface area contributed by atoms with Gasteiger partial charge in [-0.05, 0) is 37.8 Å². The van der Waals surface area contributed by atoms with Gasteiger partial charge >= 0.3 is 0 Å². The lowest BCUT2D eigenvalue weighted by molar-refractivity contribution is -0.132. The van der Waals surface area contributed by atoms with E-state index in [4.69, 9.17) is 4.74 Å². The summed E-state index contributed by atoms with van der Waals surface area (Å²) in [6.45, 7) is -0.155. The summed E-state index contributed by atoms with van der Waals surface area (Å²) >= 11 is 0. The van der Waals surface area contributed by atoms with E-state index in [1.165, 1.54) is 4.90 Å². The van der Waals surface area contributed by atoms with Crippen LogP contribution in [0.3, 0.4) is 0 Å². The highest BCUT2D eigenvalue weighted by Crippen LogP contribution is 2.40. The Morgan fingerprint density at radius 1 is 0.852 bits per heavy atom. The van der Waals surface area contributed by atoms with E-state index in [9.17, 15) is 14.4 Å². The van der Waals surface area contributed by atoms with Crippen molar-refractivity contribution in [3.05, 3.63) is 71.3 Å². The first-order valence-electron chi connectivity index (χ1n) is 9.32. The first kappa shape index (κ1) is 17.6. The zero-order valence-electron chi connectivity index (χ0n) is 15.0. The predicted octanol–water partition coefficient (Wildman–Crippen LogP) is 3.84. The minimum Gasteiger partial charge on any atom is -0.347 e. The minimum atomic E-state index is -1.05. The number of rotatable bonds is 5. The molecule has 5 heteroatoms. The SMILES string of the molecule is O=C(COC1(N2C(=O)c3ccccc3C2=O)CCCCC1)c1ccccc1.